The largest absolute Gasteiger partial charge is 0.494 e. The van der Waals surface area contributed by atoms with E-state index >= 15 is 0 Å². The van der Waals surface area contributed by atoms with E-state index in [0.717, 1.165) is 27.8 Å². The summed E-state index contributed by atoms with van der Waals surface area (Å²) in [6, 6.07) is 14.1. The van der Waals surface area contributed by atoms with Crippen molar-refractivity contribution < 1.29 is 9.30 Å². The van der Waals surface area contributed by atoms with Gasteiger partial charge in [-0.3, -0.25) is 0 Å². The number of hydrogen-bond donors (Lipinski definition) is 0. The SMILES string of the molecule is COc1cccc2c1nc1ccccc1[n+]2C. The molecule has 3 aromatic rings. The first-order valence-corrected chi connectivity index (χ1v) is 5.53. The molecule has 1 heterocycles. The Morgan fingerprint density at radius 1 is 1.00 bits per heavy atom. The van der Waals surface area contributed by atoms with Crippen LogP contribution < -0.4 is 9.30 Å². The molecule has 3 heteroatoms. The van der Waals surface area contributed by atoms with Gasteiger partial charge in [0.15, 0.2) is 11.3 Å². The van der Waals surface area contributed by atoms with E-state index in [4.69, 9.17) is 4.74 Å². The highest BCUT2D eigenvalue weighted by atomic mass is 16.5. The van der Waals surface area contributed by atoms with Crippen LogP contribution in [-0.4, -0.2) is 12.1 Å². The predicted molar refractivity (Wildman–Crippen MR) is 67.0 cm³/mol. The maximum absolute atomic E-state index is 5.36. The van der Waals surface area contributed by atoms with Crippen molar-refractivity contribution in [3.8, 4) is 5.75 Å². The van der Waals surface area contributed by atoms with E-state index in [-0.39, 0.29) is 0 Å². The van der Waals surface area contributed by atoms with Crippen LogP contribution in [0.15, 0.2) is 42.5 Å². The third-order valence-electron chi connectivity index (χ3n) is 3.03. The number of aryl methyl sites for hydroxylation is 1. The summed E-state index contributed by atoms with van der Waals surface area (Å²) in [7, 11) is 3.72. The summed E-state index contributed by atoms with van der Waals surface area (Å²) in [6.07, 6.45) is 0. The Morgan fingerprint density at radius 3 is 2.59 bits per heavy atom. The molecule has 0 spiro atoms. The van der Waals surface area contributed by atoms with Crippen LogP contribution in [0.1, 0.15) is 0 Å². The third-order valence-corrected chi connectivity index (χ3v) is 3.03. The Labute approximate surface area is 99.3 Å². The minimum absolute atomic E-state index is 0.809. The molecule has 0 aliphatic rings. The normalized spacial score (nSPS) is 10.9. The lowest BCUT2D eigenvalue weighted by Crippen LogP contribution is -2.30. The molecule has 0 fully saturated rings. The monoisotopic (exact) mass is 225 g/mol. The lowest BCUT2D eigenvalue weighted by Gasteiger charge is -2.04. The topological polar surface area (TPSA) is 26.0 Å². The average molecular weight is 225 g/mol. The van der Waals surface area contributed by atoms with E-state index in [1.54, 1.807) is 7.11 Å². The van der Waals surface area contributed by atoms with Crippen LogP contribution in [0, 0.1) is 0 Å². The van der Waals surface area contributed by atoms with E-state index in [9.17, 15) is 0 Å². The summed E-state index contributed by atoms with van der Waals surface area (Å²) < 4.78 is 7.49. The van der Waals surface area contributed by atoms with Gasteiger partial charge in [0.2, 0.25) is 11.0 Å². The van der Waals surface area contributed by atoms with Crippen molar-refractivity contribution in [1.29, 1.82) is 0 Å². The van der Waals surface area contributed by atoms with E-state index in [1.807, 2.05) is 37.4 Å². The van der Waals surface area contributed by atoms with Crippen LogP contribution in [0.3, 0.4) is 0 Å². The van der Waals surface area contributed by atoms with Gasteiger partial charge in [-0.25, -0.2) is 4.98 Å². The van der Waals surface area contributed by atoms with Gasteiger partial charge in [-0.1, -0.05) is 18.2 Å². The van der Waals surface area contributed by atoms with Crippen molar-refractivity contribution in [2.75, 3.05) is 7.11 Å². The van der Waals surface area contributed by atoms with Crippen molar-refractivity contribution in [2.24, 2.45) is 7.05 Å². The summed E-state index contributed by atoms with van der Waals surface area (Å²) in [5, 5.41) is 0. The lowest BCUT2D eigenvalue weighted by molar-refractivity contribution is -0.617. The second kappa shape index (κ2) is 3.70. The molecule has 0 aliphatic heterocycles. The Morgan fingerprint density at radius 2 is 1.76 bits per heavy atom. The van der Waals surface area contributed by atoms with Crippen LogP contribution in [0.4, 0.5) is 0 Å². The summed E-state index contributed by atoms with van der Waals surface area (Å²) in [6.45, 7) is 0. The maximum atomic E-state index is 5.36. The fourth-order valence-corrected chi connectivity index (χ4v) is 2.15. The second-order valence-electron chi connectivity index (χ2n) is 3.99. The van der Waals surface area contributed by atoms with Gasteiger partial charge in [0.05, 0.1) is 7.11 Å². The Hall–Kier alpha value is -2.16. The van der Waals surface area contributed by atoms with Crippen LogP contribution in [0.2, 0.25) is 0 Å². The molecule has 2 aromatic carbocycles. The predicted octanol–water partition coefficient (Wildman–Crippen LogP) is 2.22. The molecule has 0 atom stereocenters. The summed E-state index contributed by atoms with van der Waals surface area (Å²) in [5.41, 5.74) is 4.07. The number of rotatable bonds is 1. The Kier molecular flexibility index (Phi) is 2.18. The van der Waals surface area contributed by atoms with Gasteiger partial charge in [0.1, 0.15) is 12.6 Å². The first kappa shape index (κ1) is 10.0. The van der Waals surface area contributed by atoms with Crippen molar-refractivity contribution in [3.05, 3.63) is 42.5 Å². The fourth-order valence-electron chi connectivity index (χ4n) is 2.15. The molecule has 84 valence electrons. The molecule has 1 aromatic heterocycles. The molecule has 0 N–H and O–H groups in total. The number of fused-ring (bicyclic) bond motifs is 2. The smallest absolute Gasteiger partial charge is 0.235 e. The third kappa shape index (κ3) is 1.43. The van der Waals surface area contributed by atoms with E-state index < -0.39 is 0 Å². The molecule has 0 saturated heterocycles. The molecule has 0 bridgehead atoms. The molecule has 0 radical (unpaired) electrons. The van der Waals surface area contributed by atoms with Gasteiger partial charge < -0.3 is 4.74 Å². The van der Waals surface area contributed by atoms with Crippen LogP contribution in [0.5, 0.6) is 5.75 Å². The van der Waals surface area contributed by atoms with E-state index in [2.05, 4.69) is 21.7 Å². The van der Waals surface area contributed by atoms with Gasteiger partial charge in [-0.05, 0) is 12.1 Å². The zero-order valence-corrected chi connectivity index (χ0v) is 9.84. The standard InChI is InChI=1S/C14H13N2O/c1-16-11-7-4-3-6-10(11)15-14-12(16)8-5-9-13(14)17-2/h3-9H,1-2H3/q+1. The van der Waals surface area contributed by atoms with Gasteiger partial charge >= 0.3 is 0 Å². The number of ether oxygens (including phenoxy) is 1. The zero-order valence-electron chi connectivity index (χ0n) is 9.84. The lowest BCUT2D eigenvalue weighted by atomic mass is 10.2. The molecule has 0 amide bonds. The van der Waals surface area contributed by atoms with Crippen molar-refractivity contribution >= 4 is 22.1 Å². The second-order valence-corrected chi connectivity index (χ2v) is 3.99. The van der Waals surface area contributed by atoms with Crippen LogP contribution in [-0.2, 0) is 7.05 Å². The first-order chi connectivity index (χ1) is 8.31. The highest BCUT2D eigenvalue weighted by Crippen LogP contribution is 2.22. The number of methoxy groups -OCH3 is 1. The number of benzene rings is 2. The molecular weight excluding hydrogens is 212 g/mol. The molecule has 3 nitrogen and oxygen atoms in total. The van der Waals surface area contributed by atoms with Crippen LogP contribution >= 0.6 is 0 Å². The summed E-state index contributed by atoms with van der Waals surface area (Å²) in [5.74, 6) is 0.809. The Bertz CT molecular complexity index is 707. The highest BCUT2D eigenvalue weighted by Gasteiger charge is 2.14. The quantitative estimate of drug-likeness (QED) is 0.469. The van der Waals surface area contributed by atoms with Crippen molar-refractivity contribution in [1.82, 2.24) is 4.98 Å². The molecular formula is C14H13N2O+. The number of nitrogens with zero attached hydrogens (tertiary/aromatic N) is 2. The minimum atomic E-state index is 0.809. The maximum Gasteiger partial charge on any atom is 0.235 e. The van der Waals surface area contributed by atoms with Crippen molar-refractivity contribution in [2.45, 2.75) is 0 Å². The van der Waals surface area contributed by atoms with Crippen molar-refractivity contribution in [3.63, 3.8) is 0 Å². The summed E-state index contributed by atoms with van der Waals surface area (Å²) in [4.78, 5) is 4.66. The van der Waals surface area contributed by atoms with E-state index in [1.165, 1.54) is 0 Å². The molecule has 0 aliphatic carbocycles. The Balaban J connectivity index is 2.54. The highest BCUT2D eigenvalue weighted by molar-refractivity contribution is 5.85. The van der Waals surface area contributed by atoms with Gasteiger partial charge in [-0.15, -0.1) is 0 Å². The molecule has 0 saturated carbocycles. The van der Waals surface area contributed by atoms with Gasteiger partial charge in [-0.2, -0.15) is 4.57 Å². The first-order valence-electron chi connectivity index (χ1n) is 5.53. The zero-order chi connectivity index (χ0) is 11.8. The van der Waals surface area contributed by atoms with Crippen LogP contribution in [0.25, 0.3) is 22.1 Å². The van der Waals surface area contributed by atoms with E-state index in [0.29, 0.717) is 0 Å². The van der Waals surface area contributed by atoms with Gasteiger partial charge in [0, 0.05) is 12.1 Å². The summed E-state index contributed by atoms with van der Waals surface area (Å²) >= 11 is 0. The number of para-hydroxylation sites is 3. The fraction of sp³-hybridized carbons (Fsp3) is 0.143. The number of hydrogen-bond acceptors (Lipinski definition) is 2. The minimum Gasteiger partial charge on any atom is -0.494 e. The van der Waals surface area contributed by atoms with Gasteiger partial charge in [0.25, 0.3) is 0 Å². The molecule has 17 heavy (non-hydrogen) atoms. The molecule has 0 unspecified atom stereocenters. The molecule has 3 rings (SSSR count). The number of aromatic nitrogens is 2. The average Bonchev–Trinajstić information content (AvgIpc) is 2.38.